The van der Waals surface area contributed by atoms with Crippen molar-refractivity contribution in [3.05, 3.63) is 22.5 Å². The minimum absolute atomic E-state index is 0.236. The lowest BCUT2D eigenvalue weighted by Crippen LogP contribution is -2.07. The Morgan fingerprint density at radius 2 is 2.00 bits per heavy atom. The van der Waals surface area contributed by atoms with E-state index in [0.29, 0.717) is 5.92 Å². The van der Waals surface area contributed by atoms with E-state index in [-0.39, 0.29) is 5.97 Å². The van der Waals surface area contributed by atoms with Crippen LogP contribution in [0.4, 0.5) is 0 Å². The number of rotatable bonds is 4. The maximum atomic E-state index is 11.7. The molecule has 3 nitrogen and oxygen atoms in total. The number of esters is 1. The smallest absolute Gasteiger partial charge is 0.339 e. The lowest BCUT2D eigenvalue weighted by Gasteiger charge is -2.12. The van der Waals surface area contributed by atoms with Crippen molar-refractivity contribution in [1.29, 1.82) is 0 Å². The van der Waals surface area contributed by atoms with Gasteiger partial charge in [-0.15, -0.1) is 0 Å². The molecule has 3 heteroatoms. The predicted molar refractivity (Wildman–Crippen MR) is 64.9 cm³/mol. The Balaban J connectivity index is 3.20. The molecule has 0 bridgehead atoms. The Bertz CT molecular complexity index is 380. The van der Waals surface area contributed by atoms with Gasteiger partial charge in [-0.3, -0.25) is 0 Å². The average molecular weight is 223 g/mol. The van der Waals surface area contributed by atoms with Crippen LogP contribution in [0.15, 0.2) is 0 Å². The summed E-state index contributed by atoms with van der Waals surface area (Å²) in [6.45, 7) is 8.25. The molecule has 90 valence electrons. The van der Waals surface area contributed by atoms with E-state index in [0.717, 1.165) is 35.4 Å². The monoisotopic (exact) mass is 223 g/mol. The third-order valence-electron chi connectivity index (χ3n) is 3.03. The number of aryl methyl sites for hydroxylation is 2. The zero-order chi connectivity index (χ0) is 12.3. The van der Waals surface area contributed by atoms with Crippen LogP contribution in [0.2, 0.25) is 0 Å². The minimum atomic E-state index is -0.236. The van der Waals surface area contributed by atoms with E-state index in [1.165, 1.54) is 7.11 Å². The summed E-state index contributed by atoms with van der Waals surface area (Å²) in [7, 11) is 1.43. The zero-order valence-corrected chi connectivity index (χ0v) is 10.8. The summed E-state index contributed by atoms with van der Waals surface area (Å²) < 4.78 is 4.84. The number of H-pyrrole nitrogens is 1. The topological polar surface area (TPSA) is 42.1 Å². The average Bonchev–Trinajstić information content (AvgIpc) is 2.53. The van der Waals surface area contributed by atoms with E-state index in [1.807, 2.05) is 13.8 Å². The summed E-state index contributed by atoms with van der Waals surface area (Å²) in [5.74, 6) is 0.156. The normalized spacial score (nSPS) is 12.6. The fraction of sp³-hybridized carbons (Fsp3) is 0.615. The highest BCUT2D eigenvalue weighted by Crippen LogP contribution is 2.29. The van der Waals surface area contributed by atoms with Crippen LogP contribution < -0.4 is 0 Å². The van der Waals surface area contributed by atoms with E-state index in [1.54, 1.807) is 0 Å². The van der Waals surface area contributed by atoms with Gasteiger partial charge in [0.25, 0.3) is 0 Å². The first-order valence-corrected chi connectivity index (χ1v) is 5.80. The molecule has 16 heavy (non-hydrogen) atoms. The molecule has 1 aromatic rings. The molecule has 0 amide bonds. The van der Waals surface area contributed by atoms with Crippen LogP contribution >= 0.6 is 0 Å². The number of carbonyl (C=O) groups excluding carboxylic acids is 1. The molecule has 0 aliphatic rings. The van der Waals surface area contributed by atoms with Gasteiger partial charge in [0.05, 0.1) is 12.7 Å². The fourth-order valence-corrected chi connectivity index (χ4v) is 2.36. The molecule has 0 saturated heterocycles. The van der Waals surface area contributed by atoms with E-state index in [2.05, 4.69) is 18.8 Å². The molecular formula is C13H21NO2. The number of aromatic amines is 1. The first-order valence-electron chi connectivity index (χ1n) is 5.80. The number of hydrogen-bond acceptors (Lipinski definition) is 2. The number of carbonyl (C=O) groups is 1. The first kappa shape index (κ1) is 12.8. The molecule has 0 saturated carbocycles. The molecule has 0 radical (unpaired) electrons. The fourth-order valence-electron chi connectivity index (χ4n) is 2.36. The van der Waals surface area contributed by atoms with E-state index in [4.69, 9.17) is 4.74 Å². The van der Waals surface area contributed by atoms with Gasteiger partial charge in [-0.05, 0) is 31.7 Å². The van der Waals surface area contributed by atoms with Crippen molar-refractivity contribution in [2.75, 3.05) is 7.11 Å². The highest BCUT2D eigenvalue weighted by atomic mass is 16.5. The third kappa shape index (κ3) is 2.29. The lowest BCUT2D eigenvalue weighted by molar-refractivity contribution is 0.0598. The number of hydrogen-bond donors (Lipinski definition) is 1. The van der Waals surface area contributed by atoms with Gasteiger partial charge in [-0.25, -0.2) is 4.79 Å². The lowest BCUT2D eigenvalue weighted by atomic mass is 9.92. The number of methoxy groups -OCH3 is 1. The second kappa shape index (κ2) is 5.19. The molecule has 0 spiro atoms. The molecule has 0 aliphatic carbocycles. The van der Waals surface area contributed by atoms with Gasteiger partial charge in [-0.2, -0.15) is 0 Å². The minimum Gasteiger partial charge on any atom is -0.465 e. The Morgan fingerprint density at radius 1 is 1.38 bits per heavy atom. The molecule has 1 unspecified atom stereocenters. The number of aromatic nitrogens is 1. The first-order chi connectivity index (χ1) is 7.52. The van der Waals surface area contributed by atoms with Crippen LogP contribution in [0.25, 0.3) is 0 Å². The molecule has 1 aromatic heterocycles. The van der Waals surface area contributed by atoms with Crippen molar-refractivity contribution in [1.82, 2.24) is 4.98 Å². The summed E-state index contributed by atoms with van der Waals surface area (Å²) in [6.07, 6.45) is 2.20. The number of ether oxygens (including phenoxy) is 1. The van der Waals surface area contributed by atoms with Crippen LogP contribution in [-0.2, 0) is 4.74 Å². The van der Waals surface area contributed by atoms with Crippen molar-refractivity contribution in [3.8, 4) is 0 Å². The third-order valence-corrected chi connectivity index (χ3v) is 3.03. The van der Waals surface area contributed by atoms with Gasteiger partial charge in [0.1, 0.15) is 0 Å². The molecule has 1 rings (SSSR count). The maximum Gasteiger partial charge on any atom is 0.339 e. The van der Waals surface area contributed by atoms with Gasteiger partial charge in [-0.1, -0.05) is 20.3 Å². The van der Waals surface area contributed by atoms with Crippen molar-refractivity contribution in [2.45, 2.75) is 46.5 Å². The van der Waals surface area contributed by atoms with Crippen molar-refractivity contribution >= 4 is 5.97 Å². The highest BCUT2D eigenvalue weighted by molar-refractivity contribution is 5.93. The summed E-state index contributed by atoms with van der Waals surface area (Å²) >= 11 is 0. The van der Waals surface area contributed by atoms with E-state index < -0.39 is 0 Å². The summed E-state index contributed by atoms with van der Waals surface area (Å²) in [5.41, 5.74) is 3.83. The van der Waals surface area contributed by atoms with Crippen molar-refractivity contribution in [2.24, 2.45) is 0 Å². The molecule has 1 heterocycles. The summed E-state index contributed by atoms with van der Waals surface area (Å²) in [5, 5.41) is 0. The molecule has 0 aromatic carbocycles. The van der Waals surface area contributed by atoms with Crippen LogP contribution in [0.5, 0.6) is 0 Å². The quantitative estimate of drug-likeness (QED) is 0.795. The summed E-state index contributed by atoms with van der Waals surface area (Å²) in [4.78, 5) is 15.0. The van der Waals surface area contributed by atoms with Crippen LogP contribution in [0, 0.1) is 13.8 Å². The van der Waals surface area contributed by atoms with Crippen LogP contribution in [-0.4, -0.2) is 18.1 Å². The van der Waals surface area contributed by atoms with Crippen LogP contribution in [0.3, 0.4) is 0 Å². The number of nitrogens with one attached hydrogen (secondary N) is 1. The van der Waals surface area contributed by atoms with Crippen molar-refractivity contribution < 1.29 is 9.53 Å². The highest BCUT2D eigenvalue weighted by Gasteiger charge is 2.23. The predicted octanol–water partition coefficient (Wildman–Crippen LogP) is 3.32. The van der Waals surface area contributed by atoms with E-state index >= 15 is 0 Å². The molecule has 1 N–H and O–H groups in total. The Labute approximate surface area is 97.2 Å². The van der Waals surface area contributed by atoms with E-state index in [9.17, 15) is 4.79 Å². The molecule has 0 fully saturated rings. The van der Waals surface area contributed by atoms with Gasteiger partial charge in [0.2, 0.25) is 0 Å². The van der Waals surface area contributed by atoms with Gasteiger partial charge < -0.3 is 9.72 Å². The molecular weight excluding hydrogens is 202 g/mol. The second-order valence-corrected chi connectivity index (χ2v) is 4.34. The second-order valence-electron chi connectivity index (χ2n) is 4.34. The Kier molecular flexibility index (Phi) is 4.16. The largest absolute Gasteiger partial charge is 0.465 e. The van der Waals surface area contributed by atoms with Gasteiger partial charge in [0.15, 0.2) is 0 Å². The Morgan fingerprint density at radius 3 is 2.50 bits per heavy atom. The summed E-state index contributed by atoms with van der Waals surface area (Å²) in [6, 6.07) is 0. The van der Waals surface area contributed by atoms with Gasteiger partial charge in [0, 0.05) is 11.4 Å². The molecule has 0 aliphatic heterocycles. The van der Waals surface area contributed by atoms with Crippen LogP contribution in [0.1, 0.15) is 59.9 Å². The zero-order valence-electron chi connectivity index (χ0n) is 10.8. The maximum absolute atomic E-state index is 11.7. The van der Waals surface area contributed by atoms with Crippen molar-refractivity contribution in [3.63, 3.8) is 0 Å². The standard InChI is InChI=1S/C13H21NO2/c1-6-7-8(2)11-9(3)14-10(4)12(11)13(15)16-5/h8,14H,6-7H2,1-5H3. The Hall–Kier alpha value is -1.25. The molecule has 1 atom stereocenters. The van der Waals surface area contributed by atoms with Gasteiger partial charge >= 0.3 is 5.97 Å². The SMILES string of the molecule is CCCC(C)c1c(C)[nH]c(C)c1C(=O)OC.